The number of amidine groups is 1. The predicted molar refractivity (Wildman–Crippen MR) is 138 cm³/mol. The smallest absolute Gasteiger partial charge is 0.235 e. The van der Waals surface area contributed by atoms with Crippen LogP contribution in [0, 0.1) is 5.41 Å². The first-order valence-corrected chi connectivity index (χ1v) is 12.7. The van der Waals surface area contributed by atoms with E-state index >= 15 is 0 Å². The molecule has 2 aliphatic rings. The Morgan fingerprint density at radius 1 is 1.06 bits per heavy atom. The van der Waals surface area contributed by atoms with Crippen molar-refractivity contribution >= 4 is 17.4 Å². The Balaban J connectivity index is 1.45. The van der Waals surface area contributed by atoms with E-state index in [0.29, 0.717) is 36.2 Å². The fraction of sp³-hybridized carbons (Fsp3) is 0.500. The second-order valence-corrected chi connectivity index (χ2v) is 9.99. The lowest BCUT2D eigenvalue weighted by Gasteiger charge is -2.39. The maximum atomic E-state index is 13.6. The first-order chi connectivity index (χ1) is 16.4. The van der Waals surface area contributed by atoms with Crippen LogP contribution in [0.5, 0.6) is 5.75 Å². The molecule has 1 fully saturated rings. The zero-order chi connectivity index (χ0) is 24.2. The number of carbonyl (C=O) groups excluding carboxylic acids is 1. The lowest BCUT2D eigenvalue weighted by molar-refractivity contribution is -0.120. The molecule has 4 rings (SSSR count). The molecule has 3 atom stereocenters. The third-order valence-corrected chi connectivity index (χ3v) is 7.66. The standard InChI is InChI=1S/C28H38N4O2/c1-19-9-8-10-20(2)31(19)15-6-3-7-16-32-25-12-5-4-11-21(25)17-24(28(32)34)23-18-22(27(29)30)13-14-26(23)33/h4-5,11-14,18-20,24,33H,3,6-10,15-17H2,1-2H3,(H3,29,30)/t19-,20+,24?. The number of carbonyl (C=O) groups is 1. The number of likely N-dealkylation sites (tertiary alicyclic amines) is 1. The number of benzene rings is 2. The third kappa shape index (κ3) is 5.12. The summed E-state index contributed by atoms with van der Waals surface area (Å²) >= 11 is 0. The van der Waals surface area contributed by atoms with E-state index < -0.39 is 5.92 Å². The molecular formula is C28H38N4O2. The molecule has 1 amide bonds. The maximum absolute atomic E-state index is 13.6. The topological polar surface area (TPSA) is 93.7 Å². The molecule has 0 spiro atoms. The lowest BCUT2D eigenvalue weighted by atomic mass is 9.85. The number of fused-ring (bicyclic) bond motifs is 1. The molecule has 2 aromatic carbocycles. The second-order valence-electron chi connectivity index (χ2n) is 9.99. The molecule has 6 heteroatoms. The van der Waals surface area contributed by atoms with E-state index in [1.165, 1.54) is 25.3 Å². The van der Waals surface area contributed by atoms with E-state index in [9.17, 15) is 9.90 Å². The van der Waals surface area contributed by atoms with Crippen LogP contribution in [0.15, 0.2) is 42.5 Å². The van der Waals surface area contributed by atoms with Crippen molar-refractivity contribution in [3.8, 4) is 5.75 Å². The van der Waals surface area contributed by atoms with Crippen LogP contribution in [0.1, 0.15) is 75.0 Å². The Morgan fingerprint density at radius 2 is 1.76 bits per heavy atom. The molecule has 0 aromatic heterocycles. The molecule has 0 bridgehead atoms. The van der Waals surface area contributed by atoms with Gasteiger partial charge in [0.25, 0.3) is 0 Å². The van der Waals surface area contributed by atoms with Crippen LogP contribution in [0.25, 0.3) is 0 Å². The predicted octanol–water partition coefficient (Wildman–Crippen LogP) is 4.78. The SMILES string of the molecule is C[C@@H]1CCC[C@H](C)N1CCCCCN1C(=O)C(c2cc(C(=N)N)ccc2O)Cc2ccccc21. The molecule has 182 valence electrons. The number of nitrogens with two attached hydrogens (primary N) is 1. The van der Waals surface area contributed by atoms with Crippen molar-refractivity contribution in [1.29, 1.82) is 5.41 Å². The minimum Gasteiger partial charge on any atom is -0.508 e. The zero-order valence-corrected chi connectivity index (χ0v) is 20.5. The number of unbranched alkanes of at least 4 members (excludes halogenated alkanes) is 2. The highest BCUT2D eigenvalue weighted by Crippen LogP contribution is 2.39. The number of hydrogen-bond donors (Lipinski definition) is 3. The van der Waals surface area contributed by atoms with Crippen molar-refractivity contribution in [2.75, 3.05) is 18.0 Å². The number of nitrogens with zero attached hydrogens (tertiary/aromatic N) is 2. The van der Waals surface area contributed by atoms with Crippen molar-refractivity contribution in [3.63, 3.8) is 0 Å². The summed E-state index contributed by atoms with van der Waals surface area (Å²) in [6, 6.07) is 14.2. The number of nitrogens with one attached hydrogen (secondary N) is 1. The summed E-state index contributed by atoms with van der Waals surface area (Å²) in [7, 11) is 0. The zero-order valence-electron chi connectivity index (χ0n) is 20.5. The molecule has 6 nitrogen and oxygen atoms in total. The number of amides is 1. The van der Waals surface area contributed by atoms with Crippen LogP contribution in [0.2, 0.25) is 0 Å². The molecule has 34 heavy (non-hydrogen) atoms. The highest BCUT2D eigenvalue weighted by atomic mass is 16.3. The van der Waals surface area contributed by atoms with E-state index in [1.807, 2.05) is 23.1 Å². The molecule has 0 radical (unpaired) electrons. The van der Waals surface area contributed by atoms with E-state index in [0.717, 1.165) is 37.1 Å². The normalized spacial score (nSPS) is 23.1. The van der Waals surface area contributed by atoms with Gasteiger partial charge in [-0.05, 0) is 82.3 Å². The van der Waals surface area contributed by atoms with E-state index in [-0.39, 0.29) is 17.5 Å². The van der Waals surface area contributed by atoms with E-state index in [4.69, 9.17) is 11.1 Å². The van der Waals surface area contributed by atoms with Gasteiger partial charge in [-0.2, -0.15) is 0 Å². The molecule has 0 saturated carbocycles. The highest BCUT2D eigenvalue weighted by molar-refractivity contribution is 6.02. The Hall–Kier alpha value is -2.86. The Kier molecular flexibility index (Phi) is 7.57. The van der Waals surface area contributed by atoms with Crippen molar-refractivity contribution in [1.82, 2.24) is 4.90 Å². The average Bonchev–Trinajstić information content (AvgIpc) is 2.81. The lowest BCUT2D eigenvalue weighted by Crippen LogP contribution is -2.44. The van der Waals surface area contributed by atoms with Crippen molar-refractivity contribution in [2.45, 2.75) is 76.8 Å². The van der Waals surface area contributed by atoms with Gasteiger partial charge < -0.3 is 15.7 Å². The quantitative estimate of drug-likeness (QED) is 0.299. The van der Waals surface area contributed by atoms with Crippen LogP contribution in [0.4, 0.5) is 5.69 Å². The van der Waals surface area contributed by atoms with Gasteiger partial charge in [-0.1, -0.05) is 31.0 Å². The van der Waals surface area contributed by atoms with Gasteiger partial charge in [-0.15, -0.1) is 0 Å². The number of piperidine rings is 1. The second kappa shape index (κ2) is 10.6. The number of phenols is 1. The molecule has 2 aliphatic heterocycles. The van der Waals surface area contributed by atoms with E-state index in [2.05, 4.69) is 24.8 Å². The third-order valence-electron chi connectivity index (χ3n) is 7.66. The fourth-order valence-electron chi connectivity index (χ4n) is 5.69. The number of rotatable bonds is 8. The summed E-state index contributed by atoms with van der Waals surface area (Å²) in [6.45, 7) is 6.48. The van der Waals surface area contributed by atoms with Crippen LogP contribution < -0.4 is 10.6 Å². The number of anilines is 1. The van der Waals surface area contributed by atoms with Gasteiger partial charge in [0.05, 0.1) is 5.92 Å². The number of nitrogen functional groups attached to an aromatic ring is 1. The van der Waals surface area contributed by atoms with E-state index in [1.54, 1.807) is 12.1 Å². The number of hydrogen-bond acceptors (Lipinski definition) is 4. The monoisotopic (exact) mass is 462 g/mol. The minimum absolute atomic E-state index is 0.00739. The molecule has 2 heterocycles. The molecule has 1 saturated heterocycles. The fourth-order valence-corrected chi connectivity index (χ4v) is 5.69. The number of aromatic hydroxyl groups is 1. The van der Waals surface area contributed by atoms with Gasteiger partial charge in [0.2, 0.25) is 5.91 Å². The maximum Gasteiger partial charge on any atom is 0.235 e. The molecule has 2 aromatic rings. The van der Waals surface area contributed by atoms with Gasteiger partial charge in [0.1, 0.15) is 11.6 Å². The van der Waals surface area contributed by atoms with Gasteiger partial charge in [0.15, 0.2) is 0 Å². The number of para-hydroxylation sites is 1. The van der Waals surface area contributed by atoms with Gasteiger partial charge in [-0.3, -0.25) is 15.1 Å². The summed E-state index contributed by atoms with van der Waals surface area (Å²) in [5.41, 5.74) is 8.82. The summed E-state index contributed by atoms with van der Waals surface area (Å²) in [4.78, 5) is 18.2. The average molecular weight is 463 g/mol. The van der Waals surface area contributed by atoms with Crippen molar-refractivity contribution in [2.24, 2.45) is 5.73 Å². The van der Waals surface area contributed by atoms with Crippen LogP contribution in [-0.4, -0.2) is 46.9 Å². The van der Waals surface area contributed by atoms with Gasteiger partial charge in [0, 0.05) is 35.4 Å². The van der Waals surface area contributed by atoms with Crippen molar-refractivity contribution in [3.05, 3.63) is 59.2 Å². The first kappa shape index (κ1) is 24.3. The van der Waals surface area contributed by atoms with Crippen LogP contribution in [-0.2, 0) is 11.2 Å². The van der Waals surface area contributed by atoms with Gasteiger partial charge >= 0.3 is 0 Å². The number of phenolic OH excluding ortho intramolecular Hbond substituents is 1. The summed E-state index contributed by atoms with van der Waals surface area (Å²) in [5.74, 6) is -0.469. The van der Waals surface area contributed by atoms with Gasteiger partial charge in [-0.25, -0.2) is 0 Å². The highest BCUT2D eigenvalue weighted by Gasteiger charge is 2.35. The summed E-state index contributed by atoms with van der Waals surface area (Å²) in [5, 5.41) is 18.3. The Labute approximate surface area is 203 Å². The molecule has 4 N–H and O–H groups in total. The first-order valence-electron chi connectivity index (χ1n) is 12.7. The van der Waals surface area contributed by atoms with Crippen molar-refractivity contribution < 1.29 is 9.90 Å². The summed E-state index contributed by atoms with van der Waals surface area (Å²) in [6.07, 6.45) is 7.63. The Morgan fingerprint density at radius 3 is 2.50 bits per heavy atom. The summed E-state index contributed by atoms with van der Waals surface area (Å²) < 4.78 is 0. The minimum atomic E-state index is -0.482. The molecule has 0 aliphatic carbocycles. The largest absolute Gasteiger partial charge is 0.508 e. The molecule has 1 unspecified atom stereocenters. The van der Waals surface area contributed by atoms with Crippen LogP contribution >= 0.6 is 0 Å². The van der Waals surface area contributed by atoms with Crippen LogP contribution in [0.3, 0.4) is 0 Å². The molecular weight excluding hydrogens is 424 g/mol. The Bertz CT molecular complexity index is 1030.